The third kappa shape index (κ3) is 2.13. The zero-order chi connectivity index (χ0) is 14.9. The van der Waals surface area contributed by atoms with Gasteiger partial charge in [0.15, 0.2) is 0 Å². The van der Waals surface area contributed by atoms with E-state index >= 15 is 0 Å². The van der Waals surface area contributed by atoms with E-state index in [0.29, 0.717) is 0 Å². The van der Waals surface area contributed by atoms with Gasteiger partial charge >= 0.3 is 0 Å². The zero-order valence-corrected chi connectivity index (χ0v) is 12.6. The first-order valence-corrected chi connectivity index (χ1v) is 7.96. The summed E-state index contributed by atoms with van der Waals surface area (Å²) >= 11 is 1.61. The molecule has 2 heterocycles. The van der Waals surface area contributed by atoms with Gasteiger partial charge in [0.05, 0.1) is 22.7 Å². The van der Waals surface area contributed by atoms with Crippen LogP contribution in [0.5, 0.6) is 0 Å². The largest absolute Gasteiger partial charge is 0.392 e. The van der Waals surface area contributed by atoms with Crippen LogP contribution < -0.4 is 0 Å². The second-order valence-electron chi connectivity index (χ2n) is 5.09. The molecule has 0 atom stereocenters. The molecule has 0 unspecified atom stereocenters. The lowest BCUT2D eigenvalue weighted by Gasteiger charge is -2.02. The number of rotatable bonds is 3. The van der Waals surface area contributed by atoms with E-state index in [2.05, 4.69) is 24.3 Å². The van der Waals surface area contributed by atoms with Crippen LogP contribution in [0.15, 0.2) is 66.0 Å². The number of thiophene rings is 1. The average molecular weight is 306 g/mol. The second-order valence-corrected chi connectivity index (χ2v) is 6.00. The maximum Gasteiger partial charge on any atom is 0.111 e. The van der Waals surface area contributed by atoms with E-state index in [9.17, 15) is 5.11 Å². The van der Waals surface area contributed by atoms with Crippen LogP contribution in [-0.4, -0.2) is 14.9 Å². The fourth-order valence-electron chi connectivity index (χ4n) is 2.60. The topological polar surface area (TPSA) is 38.1 Å². The number of nitrogens with zero attached hydrogens (tertiary/aromatic N) is 2. The van der Waals surface area contributed by atoms with Gasteiger partial charge in [0.2, 0.25) is 0 Å². The number of hydrogen-bond acceptors (Lipinski definition) is 3. The quantitative estimate of drug-likeness (QED) is 0.614. The second kappa shape index (κ2) is 5.40. The van der Waals surface area contributed by atoms with Gasteiger partial charge in [0.1, 0.15) is 5.69 Å². The van der Waals surface area contributed by atoms with Crippen molar-refractivity contribution in [3.8, 4) is 16.3 Å². The van der Waals surface area contributed by atoms with Crippen molar-refractivity contribution in [3.05, 3.63) is 71.6 Å². The van der Waals surface area contributed by atoms with Crippen molar-refractivity contribution >= 4 is 22.2 Å². The molecule has 4 rings (SSSR count). The fourth-order valence-corrected chi connectivity index (χ4v) is 3.50. The van der Waals surface area contributed by atoms with E-state index in [4.69, 9.17) is 5.10 Å². The molecule has 0 fully saturated rings. The van der Waals surface area contributed by atoms with E-state index in [1.807, 2.05) is 46.5 Å². The average Bonchev–Trinajstić information content (AvgIpc) is 3.20. The van der Waals surface area contributed by atoms with Gasteiger partial charge in [-0.15, -0.1) is 11.3 Å². The van der Waals surface area contributed by atoms with Crippen molar-refractivity contribution in [2.24, 2.45) is 0 Å². The number of hydrogen-bond donors (Lipinski definition) is 1. The first-order chi connectivity index (χ1) is 10.9. The maximum absolute atomic E-state index is 9.28. The number of fused-ring (bicyclic) bond motifs is 1. The number of para-hydroxylation sites is 2. The number of aromatic nitrogens is 2. The maximum atomic E-state index is 9.28. The Hall–Kier alpha value is -2.43. The summed E-state index contributed by atoms with van der Waals surface area (Å²) in [7, 11) is 0. The van der Waals surface area contributed by atoms with E-state index in [-0.39, 0.29) is 6.61 Å². The van der Waals surface area contributed by atoms with Crippen LogP contribution in [-0.2, 0) is 6.61 Å². The van der Waals surface area contributed by atoms with Crippen LogP contribution in [0.25, 0.3) is 27.2 Å². The molecule has 2 aromatic carbocycles. The Morgan fingerprint density at radius 1 is 1.00 bits per heavy atom. The van der Waals surface area contributed by atoms with Crippen molar-refractivity contribution in [1.82, 2.24) is 9.78 Å². The van der Waals surface area contributed by atoms with Crippen LogP contribution in [0.4, 0.5) is 0 Å². The van der Waals surface area contributed by atoms with Crippen molar-refractivity contribution in [3.63, 3.8) is 0 Å². The molecule has 0 bridgehead atoms. The van der Waals surface area contributed by atoms with Crippen molar-refractivity contribution in [1.29, 1.82) is 0 Å². The van der Waals surface area contributed by atoms with E-state index in [0.717, 1.165) is 32.7 Å². The lowest BCUT2D eigenvalue weighted by atomic mass is 10.2. The number of benzene rings is 2. The fraction of sp³-hybridized carbons (Fsp3) is 0.0556. The smallest absolute Gasteiger partial charge is 0.111 e. The molecule has 0 aliphatic heterocycles. The highest BCUT2D eigenvalue weighted by molar-refractivity contribution is 7.13. The molecule has 0 saturated carbocycles. The Balaban J connectivity index is 1.97. The Morgan fingerprint density at radius 3 is 2.55 bits per heavy atom. The lowest BCUT2D eigenvalue weighted by Crippen LogP contribution is -1.95. The molecule has 0 saturated heterocycles. The Bertz CT molecular complexity index is 925. The number of aliphatic hydroxyl groups is 1. The van der Waals surface area contributed by atoms with Crippen molar-refractivity contribution in [2.75, 3.05) is 0 Å². The van der Waals surface area contributed by atoms with Gasteiger partial charge in [-0.1, -0.05) is 36.4 Å². The van der Waals surface area contributed by atoms with Crippen LogP contribution in [0, 0.1) is 0 Å². The predicted molar refractivity (Wildman–Crippen MR) is 90.3 cm³/mol. The summed E-state index contributed by atoms with van der Waals surface area (Å²) in [5.74, 6) is 0. The van der Waals surface area contributed by atoms with E-state index < -0.39 is 0 Å². The monoisotopic (exact) mass is 306 g/mol. The normalized spacial score (nSPS) is 11.1. The molecule has 0 aliphatic rings. The van der Waals surface area contributed by atoms with Gasteiger partial charge in [0, 0.05) is 5.39 Å². The number of aliphatic hydroxyl groups excluding tert-OH is 1. The molecule has 4 aromatic rings. The summed E-state index contributed by atoms with van der Waals surface area (Å²) in [4.78, 5) is 1.08. The molecule has 22 heavy (non-hydrogen) atoms. The third-order valence-corrected chi connectivity index (χ3v) is 4.64. The Morgan fingerprint density at radius 2 is 1.77 bits per heavy atom. The Labute approximate surface area is 132 Å². The molecule has 0 radical (unpaired) electrons. The lowest BCUT2D eigenvalue weighted by molar-refractivity contribution is 0.282. The summed E-state index contributed by atoms with van der Waals surface area (Å²) in [5, 5.41) is 17.2. The third-order valence-electron chi connectivity index (χ3n) is 3.66. The zero-order valence-electron chi connectivity index (χ0n) is 11.8. The summed E-state index contributed by atoms with van der Waals surface area (Å²) in [6, 6.07) is 20.4. The summed E-state index contributed by atoms with van der Waals surface area (Å²) in [6.45, 7) is 0.0633. The highest BCUT2D eigenvalue weighted by Gasteiger charge is 2.14. The molecule has 3 nitrogen and oxygen atoms in total. The van der Waals surface area contributed by atoms with E-state index in [1.54, 1.807) is 11.3 Å². The van der Waals surface area contributed by atoms with Gasteiger partial charge in [0.25, 0.3) is 0 Å². The van der Waals surface area contributed by atoms with Gasteiger partial charge in [-0.25, -0.2) is 4.68 Å². The molecule has 4 heteroatoms. The van der Waals surface area contributed by atoms with Crippen LogP contribution >= 0.6 is 11.3 Å². The molecule has 2 aromatic heterocycles. The van der Waals surface area contributed by atoms with Crippen molar-refractivity contribution < 1.29 is 5.11 Å². The summed E-state index contributed by atoms with van der Waals surface area (Å²) in [5.41, 5.74) is 4.02. The van der Waals surface area contributed by atoms with Crippen molar-refractivity contribution in [2.45, 2.75) is 6.61 Å². The molecular weight excluding hydrogens is 292 g/mol. The van der Waals surface area contributed by atoms with Gasteiger partial charge in [-0.3, -0.25) is 0 Å². The van der Waals surface area contributed by atoms with Gasteiger partial charge < -0.3 is 5.11 Å². The Kier molecular flexibility index (Phi) is 3.25. The molecular formula is C18H14N2OS. The van der Waals surface area contributed by atoms with Gasteiger partial charge in [-0.2, -0.15) is 5.10 Å². The van der Waals surface area contributed by atoms with Crippen LogP contribution in [0.2, 0.25) is 0 Å². The minimum Gasteiger partial charge on any atom is -0.392 e. The standard InChI is InChI=1S/C18H14N2OS/c21-11-13-10-17(22-12-13)18-15-8-4-5-9-16(15)20(19-18)14-6-2-1-3-7-14/h1-10,12,21H,11H2. The highest BCUT2D eigenvalue weighted by Crippen LogP contribution is 2.33. The van der Waals surface area contributed by atoms with Gasteiger partial charge in [-0.05, 0) is 35.2 Å². The molecule has 0 amide bonds. The molecule has 108 valence electrons. The SMILES string of the molecule is OCc1csc(-c2nn(-c3ccccc3)c3ccccc23)c1. The minimum absolute atomic E-state index is 0.0633. The molecule has 0 aliphatic carbocycles. The first kappa shape index (κ1) is 13.2. The first-order valence-electron chi connectivity index (χ1n) is 7.08. The predicted octanol–water partition coefficient (Wildman–Crippen LogP) is 4.25. The summed E-state index contributed by atoms with van der Waals surface area (Å²) < 4.78 is 1.98. The van der Waals surface area contributed by atoms with Crippen LogP contribution in [0.3, 0.4) is 0 Å². The van der Waals surface area contributed by atoms with E-state index in [1.165, 1.54) is 0 Å². The minimum atomic E-state index is 0.0633. The van der Waals surface area contributed by atoms with Crippen LogP contribution in [0.1, 0.15) is 5.56 Å². The highest BCUT2D eigenvalue weighted by atomic mass is 32.1. The summed E-state index contributed by atoms with van der Waals surface area (Å²) in [6.07, 6.45) is 0. The molecule has 1 N–H and O–H groups in total. The molecule has 0 spiro atoms.